The molecule has 1 atom stereocenters. The summed E-state index contributed by atoms with van der Waals surface area (Å²) < 4.78 is 32.6. The molecule has 1 fully saturated rings. The summed E-state index contributed by atoms with van der Waals surface area (Å²) in [6, 6.07) is 3.76. The number of hydrogen-bond acceptors (Lipinski definition) is 5. The third-order valence-corrected chi connectivity index (χ3v) is 4.94. The van der Waals surface area contributed by atoms with Crippen molar-refractivity contribution in [3.63, 3.8) is 0 Å². The number of guanidine groups is 1. The molecule has 2 heterocycles. The summed E-state index contributed by atoms with van der Waals surface area (Å²) in [5, 5.41) is 7.01. The lowest BCUT2D eigenvalue weighted by atomic mass is 10.0. The van der Waals surface area contributed by atoms with E-state index >= 15 is 0 Å². The fourth-order valence-electron chi connectivity index (χ4n) is 3.59. The molecule has 1 N–H and O–H groups in total. The smallest absolute Gasteiger partial charge is 0.246 e. The predicted molar refractivity (Wildman–Crippen MR) is 117 cm³/mol. The maximum absolute atomic E-state index is 14.2. The number of rotatable bonds is 5. The van der Waals surface area contributed by atoms with Gasteiger partial charge in [0.15, 0.2) is 11.8 Å². The third-order valence-electron chi connectivity index (χ3n) is 4.94. The molecule has 0 aliphatic carbocycles. The summed E-state index contributed by atoms with van der Waals surface area (Å²) in [4.78, 5) is 12.9. The van der Waals surface area contributed by atoms with Crippen LogP contribution in [0.1, 0.15) is 36.7 Å². The molecule has 160 valence electrons. The van der Waals surface area contributed by atoms with Crippen LogP contribution in [0.4, 0.5) is 8.78 Å². The minimum atomic E-state index is -0.549. The van der Waals surface area contributed by atoms with E-state index in [4.69, 9.17) is 4.52 Å². The van der Waals surface area contributed by atoms with Gasteiger partial charge in [-0.15, -0.1) is 24.0 Å². The van der Waals surface area contributed by atoms with Gasteiger partial charge in [-0.1, -0.05) is 18.1 Å². The van der Waals surface area contributed by atoms with Crippen LogP contribution in [0.5, 0.6) is 0 Å². The Labute approximate surface area is 186 Å². The Bertz CT molecular complexity index is 823. The Morgan fingerprint density at radius 1 is 1.28 bits per heavy atom. The highest BCUT2D eigenvalue weighted by Gasteiger charge is 2.27. The lowest BCUT2D eigenvalue weighted by Crippen LogP contribution is -2.53. The third kappa shape index (κ3) is 5.84. The molecule has 0 spiro atoms. The number of nitrogens with zero attached hydrogens (tertiary/aromatic N) is 5. The lowest BCUT2D eigenvalue weighted by molar-refractivity contribution is 0.124. The van der Waals surface area contributed by atoms with E-state index in [2.05, 4.69) is 30.2 Å². The van der Waals surface area contributed by atoms with Gasteiger partial charge in [-0.05, 0) is 19.4 Å². The fraction of sp³-hybridized carbons (Fsp3) is 0.526. The zero-order valence-electron chi connectivity index (χ0n) is 16.9. The largest absolute Gasteiger partial charge is 0.347 e. The van der Waals surface area contributed by atoms with Gasteiger partial charge in [-0.3, -0.25) is 9.89 Å². The molecule has 1 saturated heterocycles. The molecule has 1 aromatic heterocycles. The van der Waals surface area contributed by atoms with E-state index in [0.29, 0.717) is 23.8 Å². The molecule has 0 saturated carbocycles. The van der Waals surface area contributed by atoms with Crippen LogP contribution in [0.25, 0.3) is 0 Å². The highest BCUT2D eigenvalue weighted by atomic mass is 127. The van der Waals surface area contributed by atoms with Crippen LogP contribution < -0.4 is 5.32 Å². The van der Waals surface area contributed by atoms with Gasteiger partial charge < -0.3 is 14.7 Å². The number of aromatic nitrogens is 2. The molecule has 1 aliphatic heterocycles. The average Bonchev–Trinajstić information content (AvgIpc) is 3.11. The highest BCUT2D eigenvalue weighted by molar-refractivity contribution is 14.0. The van der Waals surface area contributed by atoms with Gasteiger partial charge in [-0.2, -0.15) is 4.98 Å². The molecule has 2 aromatic rings. The van der Waals surface area contributed by atoms with E-state index in [9.17, 15) is 8.78 Å². The first-order valence-corrected chi connectivity index (χ1v) is 9.45. The van der Waals surface area contributed by atoms with Crippen molar-refractivity contribution in [3.05, 3.63) is 47.1 Å². The van der Waals surface area contributed by atoms with Gasteiger partial charge in [0.25, 0.3) is 0 Å². The molecule has 1 aromatic carbocycles. The van der Waals surface area contributed by atoms with Gasteiger partial charge in [0, 0.05) is 50.9 Å². The van der Waals surface area contributed by atoms with Crippen LogP contribution in [0.3, 0.4) is 0 Å². The van der Waals surface area contributed by atoms with E-state index in [1.54, 1.807) is 20.0 Å². The van der Waals surface area contributed by atoms with Crippen molar-refractivity contribution in [1.82, 2.24) is 25.3 Å². The standard InChI is InChI=1S/C19H26F2N6O.HI/c1-4-17(15-6-5-14(20)11-16(15)21)26-7-9-27(10-8-26)19(22-3)23-12-18-24-13(2)25-28-18;/h5-6,11,17H,4,7-10,12H2,1-3H3,(H,22,23);1H. The second kappa shape index (κ2) is 10.8. The van der Waals surface area contributed by atoms with Crippen molar-refractivity contribution in [2.45, 2.75) is 32.9 Å². The van der Waals surface area contributed by atoms with Crippen molar-refractivity contribution < 1.29 is 13.3 Å². The Balaban J connectivity index is 0.00000300. The molecular formula is C19H27F2IN6O. The minimum absolute atomic E-state index is 0. The summed E-state index contributed by atoms with van der Waals surface area (Å²) in [6.45, 7) is 7.23. The first-order chi connectivity index (χ1) is 13.5. The van der Waals surface area contributed by atoms with Crippen LogP contribution in [0.15, 0.2) is 27.7 Å². The number of halogens is 3. The van der Waals surface area contributed by atoms with Gasteiger partial charge in [0.05, 0.1) is 6.54 Å². The van der Waals surface area contributed by atoms with Gasteiger partial charge in [0.2, 0.25) is 5.89 Å². The van der Waals surface area contributed by atoms with Gasteiger partial charge in [-0.25, -0.2) is 8.78 Å². The molecule has 1 aliphatic rings. The van der Waals surface area contributed by atoms with Crippen LogP contribution >= 0.6 is 24.0 Å². The maximum atomic E-state index is 14.2. The zero-order chi connectivity index (χ0) is 20.1. The predicted octanol–water partition coefficient (Wildman–Crippen LogP) is 3.12. The first kappa shape index (κ1) is 23.5. The molecule has 1 unspecified atom stereocenters. The lowest BCUT2D eigenvalue weighted by Gasteiger charge is -2.40. The first-order valence-electron chi connectivity index (χ1n) is 9.45. The summed E-state index contributed by atoms with van der Waals surface area (Å²) in [6.07, 6.45) is 0.756. The quantitative estimate of drug-likeness (QED) is 0.372. The fourth-order valence-corrected chi connectivity index (χ4v) is 3.59. The molecule has 7 nitrogen and oxygen atoms in total. The van der Waals surface area contributed by atoms with Crippen LogP contribution in [-0.4, -0.2) is 59.1 Å². The van der Waals surface area contributed by atoms with Gasteiger partial charge >= 0.3 is 0 Å². The Morgan fingerprint density at radius 3 is 2.55 bits per heavy atom. The molecule has 0 bridgehead atoms. The zero-order valence-corrected chi connectivity index (χ0v) is 19.2. The number of hydrogen-bond donors (Lipinski definition) is 1. The number of piperazine rings is 1. The second-order valence-corrected chi connectivity index (χ2v) is 6.75. The molecule has 0 amide bonds. The molecule has 10 heteroatoms. The van der Waals surface area contributed by atoms with E-state index in [-0.39, 0.29) is 30.0 Å². The second-order valence-electron chi connectivity index (χ2n) is 6.75. The normalized spacial score (nSPS) is 16.4. The Kier molecular flexibility index (Phi) is 8.75. The Morgan fingerprint density at radius 2 is 2.00 bits per heavy atom. The topological polar surface area (TPSA) is 69.8 Å². The Hall–Kier alpha value is -1.82. The van der Waals surface area contributed by atoms with Crippen LogP contribution in [0.2, 0.25) is 0 Å². The van der Waals surface area contributed by atoms with Crippen molar-refractivity contribution >= 4 is 29.9 Å². The minimum Gasteiger partial charge on any atom is -0.347 e. The summed E-state index contributed by atoms with van der Waals surface area (Å²) in [5.41, 5.74) is 0.548. The summed E-state index contributed by atoms with van der Waals surface area (Å²) in [7, 11) is 1.73. The number of aryl methyl sites for hydroxylation is 1. The molecular weight excluding hydrogens is 493 g/mol. The van der Waals surface area contributed by atoms with Crippen LogP contribution in [0, 0.1) is 18.6 Å². The summed E-state index contributed by atoms with van der Waals surface area (Å²) >= 11 is 0. The summed E-state index contributed by atoms with van der Waals surface area (Å²) in [5.74, 6) is 0.833. The number of aliphatic imine (C=N–C) groups is 1. The van der Waals surface area contributed by atoms with Gasteiger partial charge in [0.1, 0.15) is 11.6 Å². The van der Waals surface area contributed by atoms with E-state index in [0.717, 1.165) is 44.6 Å². The number of nitrogens with one attached hydrogen (secondary N) is 1. The van der Waals surface area contributed by atoms with Crippen molar-refractivity contribution in [3.8, 4) is 0 Å². The molecule has 0 radical (unpaired) electrons. The van der Waals surface area contributed by atoms with E-state index in [1.807, 2.05) is 6.92 Å². The van der Waals surface area contributed by atoms with E-state index in [1.165, 1.54) is 6.07 Å². The average molecular weight is 520 g/mol. The SMILES string of the molecule is CCC(c1ccc(F)cc1F)N1CCN(C(=NC)NCc2nc(C)no2)CC1.I. The van der Waals surface area contributed by atoms with Crippen molar-refractivity contribution in [1.29, 1.82) is 0 Å². The maximum Gasteiger partial charge on any atom is 0.246 e. The van der Waals surface area contributed by atoms with Crippen molar-refractivity contribution in [2.75, 3.05) is 33.2 Å². The monoisotopic (exact) mass is 520 g/mol. The molecule has 3 rings (SSSR count). The van der Waals surface area contributed by atoms with Crippen LogP contribution in [-0.2, 0) is 6.54 Å². The molecule has 29 heavy (non-hydrogen) atoms. The van der Waals surface area contributed by atoms with Crippen molar-refractivity contribution in [2.24, 2.45) is 4.99 Å². The highest BCUT2D eigenvalue weighted by Crippen LogP contribution is 2.28. The number of benzene rings is 1. The van der Waals surface area contributed by atoms with E-state index < -0.39 is 11.6 Å².